The highest BCUT2D eigenvalue weighted by atomic mass is 16.5. The molecule has 0 bridgehead atoms. The van der Waals surface area contributed by atoms with Crippen LogP contribution in [0.15, 0.2) is 84.9 Å². The predicted molar refractivity (Wildman–Crippen MR) is 106 cm³/mol. The third-order valence-electron chi connectivity index (χ3n) is 4.06. The summed E-state index contributed by atoms with van der Waals surface area (Å²) in [7, 11) is 0. The Morgan fingerprint density at radius 1 is 0.815 bits per heavy atom. The van der Waals surface area contributed by atoms with Gasteiger partial charge in [-0.2, -0.15) is 0 Å². The molecule has 3 aromatic carbocycles. The van der Waals surface area contributed by atoms with Gasteiger partial charge in [0.2, 0.25) is 0 Å². The molecule has 3 rings (SSSR count). The topological polar surface area (TPSA) is 47.6 Å². The third-order valence-corrected chi connectivity index (χ3v) is 4.06. The van der Waals surface area contributed by atoms with Gasteiger partial charge in [-0.25, -0.2) is 0 Å². The maximum Gasteiger partial charge on any atom is 0.261 e. The monoisotopic (exact) mass is 361 g/mol. The smallest absolute Gasteiger partial charge is 0.261 e. The van der Waals surface area contributed by atoms with E-state index < -0.39 is 6.10 Å². The molecule has 4 heteroatoms. The Kier molecular flexibility index (Phi) is 6.47. The van der Waals surface area contributed by atoms with Crippen molar-refractivity contribution in [1.82, 2.24) is 5.32 Å². The van der Waals surface area contributed by atoms with Crippen LogP contribution in [-0.2, 0) is 17.9 Å². The van der Waals surface area contributed by atoms with E-state index >= 15 is 0 Å². The van der Waals surface area contributed by atoms with Gasteiger partial charge in [0.15, 0.2) is 6.10 Å². The molecule has 1 amide bonds. The Bertz CT molecular complexity index is 833. The van der Waals surface area contributed by atoms with Crippen molar-refractivity contribution in [1.29, 1.82) is 0 Å². The molecule has 0 aromatic heterocycles. The number of carbonyl (C=O) groups is 1. The Morgan fingerprint density at radius 3 is 2.00 bits per heavy atom. The molecule has 3 aromatic rings. The number of rotatable bonds is 8. The van der Waals surface area contributed by atoms with Crippen LogP contribution in [0.25, 0.3) is 0 Å². The zero-order chi connectivity index (χ0) is 18.9. The second-order valence-electron chi connectivity index (χ2n) is 6.21. The van der Waals surface area contributed by atoms with Gasteiger partial charge < -0.3 is 14.8 Å². The zero-order valence-corrected chi connectivity index (χ0v) is 15.3. The van der Waals surface area contributed by atoms with Crippen LogP contribution in [0.4, 0.5) is 0 Å². The van der Waals surface area contributed by atoms with Crippen molar-refractivity contribution >= 4 is 5.91 Å². The van der Waals surface area contributed by atoms with Crippen LogP contribution in [0.2, 0.25) is 0 Å². The first-order valence-electron chi connectivity index (χ1n) is 8.96. The molecule has 1 atom stereocenters. The number of hydrogen-bond acceptors (Lipinski definition) is 3. The summed E-state index contributed by atoms with van der Waals surface area (Å²) in [6.07, 6.45) is -0.550. The number of benzene rings is 3. The first-order valence-corrected chi connectivity index (χ1v) is 8.96. The lowest BCUT2D eigenvalue weighted by molar-refractivity contribution is -0.127. The van der Waals surface area contributed by atoms with Crippen molar-refractivity contribution in [2.24, 2.45) is 0 Å². The molecule has 0 spiro atoms. The van der Waals surface area contributed by atoms with Gasteiger partial charge in [-0.15, -0.1) is 0 Å². The second kappa shape index (κ2) is 9.43. The molecule has 138 valence electrons. The Hall–Kier alpha value is -3.27. The summed E-state index contributed by atoms with van der Waals surface area (Å²) < 4.78 is 11.4. The fraction of sp³-hybridized carbons (Fsp3) is 0.174. The number of carbonyl (C=O) groups excluding carboxylic acids is 1. The number of nitrogens with one attached hydrogen (secondary N) is 1. The van der Waals surface area contributed by atoms with E-state index in [0.717, 1.165) is 16.9 Å². The predicted octanol–water partition coefficient (Wildman–Crippen LogP) is 4.35. The quantitative estimate of drug-likeness (QED) is 0.649. The van der Waals surface area contributed by atoms with Gasteiger partial charge in [-0.05, 0) is 42.3 Å². The minimum absolute atomic E-state index is 0.143. The molecule has 0 radical (unpaired) electrons. The molecule has 1 N–H and O–H groups in total. The minimum Gasteiger partial charge on any atom is -0.489 e. The molecule has 4 nitrogen and oxygen atoms in total. The van der Waals surface area contributed by atoms with Crippen LogP contribution in [0.3, 0.4) is 0 Å². The Morgan fingerprint density at radius 2 is 1.37 bits per heavy atom. The van der Waals surface area contributed by atoms with Crippen LogP contribution in [0.5, 0.6) is 11.5 Å². The normalized spacial score (nSPS) is 11.4. The van der Waals surface area contributed by atoms with Crippen molar-refractivity contribution in [3.05, 3.63) is 96.1 Å². The Labute approximate surface area is 159 Å². The van der Waals surface area contributed by atoms with Crippen molar-refractivity contribution in [3.63, 3.8) is 0 Å². The molecule has 0 aliphatic rings. The average Bonchev–Trinajstić information content (AvgIpc) is 2.72. The molecule has 0 fully saturated rings. The van der Waals surface area contributed by atoms with E-state index in [1.165, 1.54) is 0 Å². The number of ether oxygens (including phenoxy) is 2. The van der Waals surface area contributed by atoms with Crippen LogP contribution < -0.4 is 14.8 Å². The molecule has 0 heterocycles. The highest BCUT2D eigenvalue weighted by Gasteiger charge is 2.14. The van der Waals surface area contributed by atoms with Gasteiger partial charge in [0.25, 0.3) is 5.91 Å². The summed E-state index contributed by atoms with van der Waals surface area (Å²) in [6.45, 7) is 2.71. The van der Waals surface area contributed by atoms with E-state index in [-0.39, 0.29) is 5.91 Å². The lowest BCUT2D eigenvalue weighted by Gasteiger charge is -2.14. The van der Waals surface area contributed by atoms with E-state index in [2.05, 4.69) is 5.32 Å². The van der Waals surface area contributed by atoms with Crippen molar-refractivity contribution in [2.45, 2.75) is 26.2 Å². The maximum absolute atomic E-state index is 12.2. The molecule has 0 saturated heterocycles. The first kappa shape index (κ1) is 18.5. The van der Waals surface area contributed by atoms with Gasteiger partial charge >= 0.3 is 0 Å². The summed E-state index contributed by atoms with van der Waals surface area (Å²) in [5, 5.41) is 2.90. The summed E-state index contributed by atoms with van der Waals surface area (Å²) in [6, 6.07) is 27.1. The zero-order valence-electron chi connectivity index (χ0n) is 15.3. The van der Waals surface area contributed by atoms with Crippen LogP contribution >= 0.6 is 0 Å². The van der Waals surface area contributed by atoms with Crippen molar-refractivity contribution in [2.75, 3.05) is 0 Å². The fourth-order valence-electron chi connectivity index (χ4n) is 2.53. The van der Waals surface area contributed by atoms with E-state index in [1.54, 1.807) is 6.92 Å². The minimum atomic E-state index is -0.550. The van der Waals surface area contributed by atoms with Gasteiger partial charge in [-0.1, -0.05) is 60.7 Å². The molecular formula is C23H23NO3. The summed E-state index contributed by atoms with van der Waals surface area (Å²) in [4.78, 5) is 12.2. The van der Waals surface area contributed by atoms with Gasteiger partial charge in [0.1, 0.15) is 18.1 Å². The molecule has 0 aliphatic carbocycles. The first-order chi connectivity index (χ1) is 13.2. The summed E-state index contributed by atoms with van der Waals surface area (Å²) in [5.74, 6) is 1.39. The van der Waals surface area contributed by atoms with Crippen LogP contribution in [0, 0.1) is 0 Å². The van der Waals surface area contributed by atoms with E-state index in [9.17, 15) is 4.79 Å². The van der Waals surface area contributed by atoms with E-state index in [1.807, 2.05) is 84.9 Å². The second-order valence-corrected chi connectivity index (χ2v) is 6.21. The van der Waals surface area contributed by atoms with Crippen LogP contribution in [-0.4, -0.2) is 12.0 Å². The number of amides is 1. The Balaban J connectivity index is 1.44. The molecular weight excluding hydrogens is 338 g/mol. The SMILES string of the molecule is CC(Oc1ccccc1)C(=O)NCc1ccc(COc2ccccc2)cc1. The molecule has 0 saturated carbocycles. The standard InChI is InChI=1S/C23H23NO3/c1-18(27-22-10-6-3-7-11-22)23(25)24-16-19-12-14-20(15-13-19)17-26-21-8-4-2-5-9-21/h2-15,18H,16-17H2,1H3,(H,24,25). The summed E-state index contributed by atoms with van der Waals surface area (Å²) >= 11 is 0. The lowest BCUT2D eigenvalue weighted by atomic mass is 10.1. The molecule has 27 heavy (non-hydrogen) atoms. The summed E-state index contributed by atoms with van der Waals surface area (Å²) in [5.41, 5.74) is 2.11. The van der Waals surface area contributed by atoms with E-state index in [4.69, 9.17) is 9.47 Å². The molecule has 0 aliphatic heterocycles. The number of para-hydroxylation sites is 2. The van der Waals surface area contributed by atoms with E-state index in [0.29, 0.717) is 18.9 Å². The number of hydrogen-bond donors (Lipinski definition) is 1. The molecule has 1 unspecified atom stereocenters. The third kappa shape index (κ3) is 5.89. The van der Waals surface area contributed by atoms with Crippen LogP contribution in [0.1, 0.15) is 18.1 Å². The van der Waals surface area contributed by atoms with Gasteiger partial charge in [0.05, 0.1) is 0 Å². The van der Waals surface area contributed by atoms with Gasteiger partial charge in [-0.3, -0.25) is 4.79 Å². The largest absolute Gasteiger partial charge is 0.489 e. The highest BCUT2D eigenvalue weighted by molar-refractivity contribution is 5.80. The lowest BCUT2D eigenvalue weighted by Crippen LogP contribution is -2.35. The maximum atomic E-state index is 12.2. The van der Waals surface area contributed by atoms with Gasteiger partial charge in [0, 0.05) is 6.54 Å². The fourth-order valence-corrected chi connectivity index (χ4v) is 2.53. The van der Waals surface area contributed by atoms with Crippen molar-refractivity contribution < 1.29 is 14.3 Å². The van der Waals surface area contributed by atoms with Crippen molar-refractivity contribution in [3.8, 4) is 11.5 Å². The highest BCUT2D eigenvalue weighted by Crippen LogP contribution is 2.13. The average molecular weight is 361 g/mol.